The Kier molecular flexibility index (Phi) is 4.86. The predicted molar refractivity (Wildman–Crippen MR) is 89.7 cm³/mol. The number of hydrogen-bond donors (Lipinski definition) is 1. The topological polar surface area (TPSA) is 73.2 Å². The third kappa shape index (κ3) is 3.50. The average Bonchev–Trinajstić information content (AvgIpc) is 3.16. The zero-order valence-corrected chi connectivity index (χ0v) is 14.5. The number of likely N-dealkylation sites (tertiary alicyclic amines) is 1. The van der Waals surface area contributed by atoms with Crippen LogP contribution in [0.25, 0.3) is 0 Å². The third-order valence-corrected chi connectivity index (χ3v) is 6.74. The molecule has 5 nitrogen and oxygen atoms in total. The largest absolute Gasteiger partial charge is 0.339 e. The Bertz CT molecular complexity index is 516. The number of amides is 2. The first-order valence-corrected chi connectivity index (χ1v) is 9.79. The zero-order valence-electron chi connectivity index (χ0n) is 13.7. The highest BCUT2D eigenvalue weighted by Crippen LogP contribution is 2.32. The van der Waals surface area contributed by atoms with Gasteiger partial charge in [0.05, 0.1) is 12.0 Å². The van der Waals surface area contributed by atoms with E-state index in [1.807, 2.05) is 4.90 Å². The summed E-state index contributed by atoms with van der Waals surface area (Å²) in [6, 6.07) is 2.58. The molecule has 126 valence electrons. The average molecular weight is 335 g/mol. The molecule has 6 heteroatoms. The van der Waals surface area contributed by atoms with Crippen LogP contribution in [-0.2, 0) is 9.59 Å². The van der Waals surface area contributed by atoms with Crippen LogP contribution < -0.4 is 5.32 Å². The number of nitrogens with one attached hydrogen (secondary N) is 1. The van der Waals surface area contributed by atoms with E-state index in [1.165, 1.54) is 12.8 Å². The number of rotatable bonds is 3. The first-order valence-electron chi connectivity index (χ1n) is 8.63. The number of hydrogen-bond acceptors (Lipinski definition) is 4. The summed E-state index contributed by atoms with van der Waals surface area (Å²) in [5.74, 6) is 2.01. The van der Waals surface area contributed by atoms with Gasteiger partial charge in [-0.2, -0.15) is 17.0 Å². The molecule has 0 bridgehead atoms. The van der Waals surface area contributed by atoms with Gasteiger partial charge < -0.3 is 10.2 Å². The standard InChI is InChI=1S/C17H25N3O2S/c1-12-2-4-14(5-3-12)20-9-13(8-15(20)21)16(22)19-17(10-18)6-7-23-11-17/h12-14H,2-9,11H2,1H3,(H,19,22)/t12?,13-,14?,17+/m1/s1. The SMILES string of the molecule is CC1CCC(N2C[C@H](C(=O)N[C@]3(C#N)CCSC3)CC2=O)CC1. The minimum Gasteiger partial charge on any atom is -0.339 e. The molecule has 1 aliphatic carbocycles. The monoisotopic (exact) mass is 335 g/mol. The van der Waals surface area contributed by atoms with Crippen LogP contribution >= 0.6 is 11.8 Å². The summed E-state index contributed by atoms with van der Waals surface area (Å²) in [5.41, 5.74) is -0.724. The van der Waals surface area contributed by atoms with Crippen molar-refractivity contribution in [1.82, 2.24) is 10.2 Å². The molecule has 1 saturated carbocycles. The van der Waals surface area contributed by atoms with Gasteiger partial charge in [0.15, 0.2) is 0 Å². The zero-order chi connectivity index (χ0) is 16.4. The maximum atomic E-state index is 12.5. The highest BCUT2D eigenvalue weighted by atomic mass is 32.2. The maximum Gasteiger partial charge on any atom is 0.226 e. The summed E-state index contributed by atoms with van der Waals surface area (Å²) in [7, 11) is 0. The first-order chi connectivity index (χ1) is 11.0. The van der Waals surface area contributed by atoms with Gasteiger partial charge in [0.2, 0.25) is 11.8 Å². The van der Waals surface area contributed by atoms with Gasteiger partial charge in [-0.05, 0) is 43.8 Å². The van der Waals surface area contributed by atoms with Gasteiger partial charge in [-0.3, -0.25) is 9.59 Å². The van der Waals surface area contributed by atoms with Crippen LogP contribution in [-0.4, -0.2) is 46.3 Å². The molecule has 3 fully saturated rings. The van der Waals surface area contributed by atoms with Crippen LogP contribution in [0.5, 0.6) is 0 Å². The second kappa shape index (κ2) is 6.72. The molecule has 0 aromatic heterocycles. The van der Waals surface area contributed by atoms with Crippen molar-refractivity contribution in [2.45, 2.75) is 57.0 Å². The van der Waals surface area contributed by atoms with E-state index < -0.39 is 5.54 Å². The fraction of sp³-hybridized carbons (Fsp3) is 0.824. The minimum atomic E-state index is -0.724. The molecule has 0 aromatic carbocycles. The minimum absolute atomic E-state index is 0.108. The number of carbonyl (C=O) groups is 2. The van der Waals surface area contributed by atoms with Gasteiger partial charge in [-0.15, -0.1) is 0 Å². The molecule has 3 rings (SSSR count). The normalized spacial score (nSPS) is 37.7. The molecule has 3 aliphatic rings. The summed E-state index contributed by atoms with van der Waals surface area (Å²) in [4.78, 5) is 26.8. The van der Waals surface area contributed by atoms with Gasteiger partial charge in [-0.25, -0.2) is 0 Å². The van der Waals surface area contributed by atoms with Crippen LogP contribution in [0, 0.1) is 23.2 Å². The maximum absolute atomic E-state index is 12.5. The first kappa shape index (κ1) is 16.6. The van der Waals surface area contributed by atoms with Gasteiger partial charge in [0.1, 0.15) is 5.54 Å². The third-order valence-electron chi connectivity index (χ3n) is 5.55. The molecule has 1 N–H and O–H groups in total. The van der Waals surface area contributed by atoms with E-state index in [2.05, 4.69) is 18.3 Å². The van der Waals surface area contributed by atoms with Crippen LogP contribution in [0.1, 0.15) is 45.4 Å². The van der Waals surface area contributed by atoms with E-state index in [0.717, 1.165) is 24.5 Å². The van der Waals surface area contributed by atoms with E-state index in [9.17, 15) is 14.9 Å². The van der Waals surface area contributed by atoms with Crippen molar-refractivity contribution in [1.29, 1.82) is 5.26 Å². The molecule has 23 heavy (non-hydrogen) atoms. The van der Waals surface area contributed by atoms with Crippen molar-refractivity contribution in [2.24, 2.45) is 11.8 Å². The van der Waals surface area contributed by atoms with E-state index in [0.29, 0.717) is 31.2 Å². The fourth-order valence-electron chi connectivity index (χ4n) is 3.93. The molecule has 2 aliphatic heterocycles. The lowest BCUT2D eigenvalue weighted by Crippen LogP contribution is -2.50. The van der Waals surface area contributed by atoms with Crippen molar-refractivity contribution in [3.05, 3.63) is 0 Å². The number of nitrogens with zero attached hydrogens (tertiary/aromatic N) is 2. The van der Waals surface area contributed by atoms with Crippen LogP contribution in [0.15, 0.2) is 0 Å². The van der Waals surface area contributed by atoms with Crippen molar-refractivity contribution in [3.8, 4) is 6.07 Å². The predicted octanol–water partition coefficient (Wildman–Crippen LogP) is 1.93. The van der Waals surface area contributed by atoms with Gasteiger partial charge >= 0.3 is 0 Å². The van der Waals surface area contributed by atoms with E-state index >= 15 is 0 Å². The molecule has 2 amide bonds. The molecule has 2 atom stereocenters. The molecule has 2 heterocycles. The number of thioether (sulfide) groups is 1. The van der Waals surface area contributed by atoms with Gasteiger partial charge in [-0.1, -0.05) is 6.92 Å². The van der Waals surface area contributed by atoms with E-state index in [4.69, 9.17) is 0 Å². The van der Waals surface area contributed by atoms with Crippen LogP contribution in [0.3, 0.4) is 0 Å². The lowest BCUT2D eigenvalue weighted by atomic mass is 9.86. The van der Waals surface area contributed by atoms with Gasteiger partial charge in [0.25, 0.3) is 0 Å². The molecular weight excluding hydrogens is 310 g/mol. The van der Waals surface area contributed by atoms with Crippen molar-refractivity contribution in [2.75, 3.05) is 18.1 Å². The molecule has 2 saturated heterocycles. The van der Waals surface area contributed by atoms with Crippen molar-refractivity contribution < 1.29 is 9.59 Å². The summed E-state index contributed by atoms with van der Waals surface area (Å²) in [5, 5.41) is 12.3. The Balaban J connectivity index is 1.58. The summed E-state index contributed by atoms with van der Waals surface area (Å²) >= 11 is 1.70. The lowest BCUT2D eigenvalue weighted by molar-refractivity contribution is -0.131. The molecule has 0 spiro atoms. The highest BCUT2D eigenvalue weighted by Gasteiger charge is 2.42. The summed E-state index contributed by atoms with van der Waals surface area (Å²) in [6.07, 6.45) is 5.44. The van der Waals surface area contributed by atoms with Crippen molar-refractivity contribution >= 4 is 23.6 Å². The quantitative estimate of drug-likeness (QED) is 0.855. The Labute approximate surface area is 142 Å². The lowest BCUT2D eigenvalue weighted by Gasteiger charge is -2.33. The molecule has 0 unspecified atom stereocenters. The molecular formula is C17H25N3O2S. The number of carbonyl (C=O) groups excluding carboxylic acids is 2. The Morgan fingerprint density at radius 2 is 2.13 bits per heavy atom. The van der Waals surface area contributed by atoms with Gasteiger partial charge in [0, 0.05) is 24.8 Å². The summed E-state index contributed by atoms with van der Waals surface area (Å²) in [6.45, 7) is 2.79. The molecule has 0 aromatic rings. The van der Waals surface area contributed by atoms with E-state index in [1.54, 1.807) is 11.8 Å². The Hall–Kier alpha value is -1.22. The second-order valence-corrected chi connectivity index (χ2v) is 8.45. The van der Waals surface area contributed by atoms with Crippen LogP contribution in [0.4, 0.5) is 0 Å². The van der Waals surface area contributed by atoms with Crippen LogP contribution in [0.2, 0.25) is 0 Å². The fourth-order valence-corrected chi connectivity index (χ4v) is 5.20. The number of nitriles is 1. The highest BCUT2D eigenvalue weighted by molar-refractivity contribution is 7.99. The Morgan fingerprint density at radius 1 is 1.39 bits per heavy atom. The van der Waals surface area contributed by atoms with E-state index in [-0.39, 0.29) is 17.7 Å². The molecule has 0 radical (unpaired) electrons. The summed E-state index contributed by atoms with van der Waals surface area (Å²) < 4.78 is 0. The Morgan fingerprint density at radius 3 is 2.74 bits per heavy atom. The van der Waals surface area contributed by atoms with Crippen molar-refractivity contribution in [3.63, 3.8) is 0 Å². The second-order valence-electron chi connectivity index (χ2n) is 7.35. The smallest absolute Gasteiger partial charge is 0.226 e.